The van der Waals surface area contributed by atoms with Crippen molar-refractivity contribution in [1.29, 1.82) is 0 Å². The second kappa shape index (κ2) is 8.11. The molecule has 0 aliphatic rings. The fraction of sp³-hybridized carbons (Fsp3) is 0.455. The second-order valence-corrected chi connectivity index (χ2v) is 4.04. The molecule has 0 aliphatic carbocycles. The predicted octanol–water partition coefficient (Wildman–Crippen LogP) is 2.69. The quantitative estimate of drug-likeness (QED) is 0.902. The summed E-state index contributed by atoms with van der Waals surface area (Å²) in [6, 6.07) is 8.19. The molecule has 1 aromatic rings. The molecule has 1 rings (SSSR count). The van der Waals surface area contributed by atoms with E-state index >= 15 is 0 Å². The Morgan fingerprint density at radius 3 is 2.53 bits per heavy atom. The molecule has 0 heterocycles. The van der Waals surface area contributed by atoms with Crippen molar-refractivity contribution in [2.45, 2.75) is 13.5 Å². The van der Waals surface area contributed by atoms with Gasteiger partial charge in [0, 0.05) is 17.6 Å². The number of aliphatic hydroxyl groups is 1. The molecule has 0 atom stereocenters. The molecular formula is C11H17BrClNO. The summed E-state index contributed by atoms with van der Waals surface area (Å²) in [6.07, 6.45) is 0. The van der Waals surface area contributed by atoms with Crippen LogP contribution in [-0.4, -0.2) is 29.7 Å². The van der Waals surface area contributed by atoms with E-state index in [1.807, 2.05) is 18.2 Å². The van der Waals surface area contributed by atoms with Gasteiger partial charge in [-0.3, -0.25) is 4.90 Å². The summed E-state index contributed by atoms with van der Waals surface area (Å²) in [7, 11) is 0. The lowest BCUT2D eigenvalue weighted by atomic mass is 10.2. The molecule has 0 aliphatic heterocycles. The summed E-state index contributed by atoms with van der Waals surface area (Å²) >= 11 is 3.52. The number of halogens is 2. The Hall–Kier alpha value is -0.0900. The van der Waals surface area contributed by atoms with Gasteiger partial charge in [-0.05, 0) is 18.2 Å². The average Bonchev–Trinajstić information content (AvgIpc) is 2.20. The number of nitrogens with zero attached hydrogens (tertiary/aromatic N) is 1. The molecule has 2 nitrogen and oxygen atoms in total. The smallest absolute Gasteiger partial charge is 0.0558 e. The molecule has 0 radical (unpaired) electrons. The standard InChI is InChI=1S/C11H16BrNO.ClH/c1-2-13(7-8-14)9-10-5-3-4-6-11(10)12;/h3-6,14H,2,7-9H2,1H3;1H. The van der Waals surface area contributed by atoms with E-state index in [0.717, 1.165) is 24.1 Å². The molecule has 0 fully saturated rings. The van der Waals surface area contributed by atoms with Gasteiger partial charge in [-0.2, -0.15) is 0 Å². The van der Waals surface area contributed by atoms with Crippen LogP contribution in [0.3, 0.4) is 0 Å². The maximum absolute atomic E-state index is 8.86. The van der Waals surface area contributed by atoms with Crippen molar-refractivity contribution in [2.24, 2.45) is 0 Å². The minimum atomic E-state index is 0. The van der Waals surface area contributed by atoms with Crippen molar-refractivity contribution < 1.29 is 5.11 Å². The molecule has 0 saturated carbocycles. The number of hydrogen-bond donors (Lipinski definition) is 1. The topological polar surface area (TPSA) is 23.5 Å². The molecule has 0 unspecified atom stereocenters. The molecule has 0 amide bonds. The fourth-order valence-corrected chi connectivity index (χ4v) is 1.77. The highest BCUT2D eigenvalue weighted by atomic mass is 79.9. The maximum Gasteiger partial charge on any atom is 0.0558 e. The lowest BCUT2D eigenvalue weighted by Crippen LogP contribution is -2.26. The number of hydrogen-bond acceptors (Lipinski definition) is 2. The van der Waals surface area contributed by atoms with E-state index in [1.54, 1.807) is 0 Å². The zero-order valence-electron chi connectivity index (χ0n) is 8.82. The molecule has 0 aromatic heterocycles. The first-order valence-corrected chi connectivity index (χ1v) is 5.63. The van der Waals surface area contributed by atoms with Gasteiger partial charge in [-0.25, -0.2) is 0 Å². The molecule has 1 aromatic carbocycles. The van der Waals surface area contributed by atoms with Crippen molar-refractivity contribution >= 4 is 28.3 Å². The Balaban J connectivity index is 0.00000196. The van der Waals surface area contributed by atoms with Gasteiger partial charge in [0.25, 0.3) is 0 Å². The normalized spacial score (nSPS) is 10.1. The fourth-order valence-electron chi connectivity index (χ4n) is 1.36. The summed E-state index contributed by atoms with van der Waals surface area (Å²) in [5.41, 5.74) is 1.27. The van der Waals surface area contributed by atoms with Crippen molar-refractivity contribution in [3.63, 3.8) is 0 Å². The SMILES string of the molecule is CCN(CCO)Cc1ccccc1Br.Cl. The van der Waals surface area contributed by atoms with Crippen LogP contribution in [0.25, 0.3) is 0 Å². The second-order valence-electron chi connectivity index (χ2n) is 3.18. The minimum Gasteiger partial charge on any atom is -0.395 e. The molecule has 1 N–H and O–H groups in total. The van der Waals surface area contributed by atoms with Gasteiger partial charge in [0.2, 0.25) is 0 Å². The highest BCUT2D eigenvalue weighted by molar-refractivity contribution is 9.10. The largest absolute Gasteiger partial charge is 0.395 e. The highest BCUT2D eigenvalue weighted by Crippen LogP contribution is 2.17. The van der Waals surface area contributed by atoms with Crippen LogP contribution in [0.2, 0.25) is 0 Å². The van der Waals surface area contributed by atoms with E-state index in [-0.39, 0.29) is 19.0 Å². The Morgan fingerprint density at radius 1 is 1.33 bits per heavy atom. The third-order valence-corrected chi connectivity index (χ3v) is 2.99. The Labute approximate surface area is 106 Å². The third kappa shape index (κ3) is 4.98. The lowest BCUT2D eigenvalue weighted by molar-refractivity contribution is 0.196. The van der Waals surface area contributed by atoms with Crippen LogP contribution in [0.4, 0.5) is 0 Å². The summed E-state index contributed by atoms with van der Waals surface area (Å²) < 4.78 is 1.14. The van der Waals surface area contributed by atoms with Crippen molar-refractivity contribution in [3.05, 3.63) is 34.3 Å². The number of rotatable bonds is 5. The number of benzene rings is 1. The van der Waals surface area contributed by atoms with Crippen LogP contribution in [-0.2, 0) is 6.54 Å². The van der Waals surface area contributed by atoms with Crippen LogP contribution < -0.4 is 0 Å². The first-order valence-electron chi connectivity index (χ1n) is 4.84. The van der Waals surface area contributed by atoms with Gasteiger partial charge in [-0.15, -0.1) is 12.4 Å². The Kier molecular flexibility index (Phi) is 8.06. The molecule has 0 saturated heterocycles. The first kappa shape index (κ1) is 14.9. The van der Waals surface area contributed by atoms with Crippen molar-refractivity contribution in [3.8, 4) is 0 Å². The molecule has 0 bridgehead atoms. The summed E-state index contributed by atoms with van der Waals surface area (Å²) in [5.74, 6) is 0. The van der Waals surface area contributed by atoms with E-state index in [4.69, 9.17) is 5.11 Å². The van der Waals surface area contributed by atoms with Gasteiger partial charge in [0.1, 0.15) is 0 Å². The van der Waals surface area contributed by atoms with Gasteiger partial charge in [0.15, 0.2) is 0 Å². The van der Waals surface area contributed by atoms with E-state index in [0.29, 0.717) is 0 Å². The first-order chi connectivity index (χ1) is 6.77. The summed E-state index contributed by atoms with van der Waals surface area (Å²) in [4.78, 5) is 2.21. The third-order valence-electron chi connectivity index (χ3n) is 2.22. The molecule has 86 valence electrons. The Morgan fingerprint density at radius 2 is 2.00 bits per heavy atom. The molecular weight excluding hydrogens is 277 g/mol. The van der Waals surface area contributed by atoms with Crippen LogP contribution in [0.5, 0.6) is 0 Å². The summed E-state index contributed by atoms with van der Waals surface area (Å²) in [6.45, 7) is 4.91. The molecule has 15 heavy (non-hydrogen) atoms. The Bertz CT molecular complexity index is 283. The molecule has 4 heteroatoms. The summed E-state index contributed by atoms with van der Waals surface area (Å²) in [5, 5.41) is 8.86. The lowest BCUT2D eigenvalue weighted by Gasteiger charge is -2.19. The zero-order chi connectivity index (χ0) is 10.4. The zero-order valence-corrected chi connectivity index (χ0v) is 11.2. The monoisotopic (exact) mass is 293 g/mol. The van der Waals surface area contributed by atoms with Crippen molar-refractivity contribution in [1.82, 2.24) is 4.90 Å². The van der Waals surface area contributed by atoms with Crippen LogP contribution in [0.15, 0.2) is 28.7 Å². The van der Waals surface area contributed by atoms with Crippen molar-refractivity contribution in [2.75, 3.05) is 19.7 Å². The maximum atomic E-state index is 8.86. The van der Waals surface area contributed by atoms with E-state index in [2.05, 4.69) is 33.8 Å². The highest BCUT2D eigenvalue weighted by Gasteiger charge is 2.04. The van der Waals surface area contributed by atoms with Crippen LogP contribution in [0, 0.1) is 0 Å². The van der Waals surface area contributed by atoms with Gasteiger partial charge < -0.3 is 5.11 Å². The van der Waals surface area contributed by atoms with Gasteiger partial charge >= 0.3 is 0 Å². The van der Waals surface area contributed by atoms with Crippen LogP contribution in [0.1, 0.15) is 12.5 Å². The predicted molar refractivity (Wildman–Crippen MR) is 69.4 cm³/mol. The van der Waals surface area contributed by atoms with Gasteiger partial charge in [0.05, 0.1) is 6.61 Å². The van der Waals surface area contributed by atoms with E-state index in [9.17, 15) is 0 Å². The molecule has 0 spiro atoms. The average molecular weight is 295 g/mol. The van der Waals surface area contributed by atoms with Crippen LogP contribution >= 0.6 is 28.3 Å². The number of likely N-dealkylation sites (N-methyl/N-ethyl adjacent to an activating group) is 1. The van der Waals surface area contributed by atoms with E-state index < -0.39 is 0 Å². The van der Waals surface area contributed by atoms with Gasteiger partial charge in [-0.1, -0.05) is 41.1 Å². The number of aliphatic hydroxyl groups excluding tert-OH is 1. The minimum absolute atomic E-state index is 0. The van der Waals surface area contributed by atoms with E-state index in [1.165, 1.54) is 5.56 Å².